The van der Waals surface area contributed by atoms with Crippen LogP contribution < -0.4 is 0 Å². The first-order chi connectivity index (χ1) is 4.06. The first-order valence-electron chi connectivity index (χ1n) is 3.07. The second-order valence-corrected chi connectivity index (χ2v) is 2.58. The number of halogens is 1. The second-order valence-electron chi connectivity index (χ2n) is 2.05. The standard InChI is InChI=1S/C5H12ClNO2/c1-2-3-4-5-7(6,8)9/h8H,2-5H2,1H3. The van der Waals surface area contributed by atoms with Gasteiger partial charge < -0.3 is 5.21 Å². The van der Waals surface area contributed by atoms with Gasteiger partial charge in [0.1, 0.15) is 6.54 Å². The fourth-order valence-electron chi connectivity index (χ4n) is 0.557. The summed E-state index contributed by atoms with van der Waals surface area (Å²) >= 11 is 4.91. The normalized spacial score (nSPS) is 17.3. The van der Waals surface area contributed by atoms with Crippen molar-refractivity contribution >= 4 is 11.8 Å². The zero-order valence-electron chi connectivity index (χ0n) is 5.51. The topological polar surface area (TPSA) is 43.3 Å². The van der Waals surface area contributed by atoms with Crippen LogP contribution in [-0.2, 0) is 0 Å². The van der Waals surface area contributed by atoms with Crippen molar-refractivity contribution in [3.63, 3.8) is 0 Å². The van der Waals surface area contributed by atoms with Gasteiger partial charge in [-0.15, -0.1) is 4.33 Å². The summed E-state index contributed by atoms with van der Waals surface area (Å²) in [4.78, 5) is 0. The molecule has 56 valence electrons. The van der Waals surface area contributed by atoms with Crippen LogP contribution in [0, 0.1) is 5.21 Å². The molecule has 0 saturated carbocycles. The van der Waals surface area contributed by atoms with E-state index >= 15 is 0 Å². The molecule has 1 atom stereocenters. The van der Waals surface area contributed by atoms with Crippen LogP contribution in [0.1, 0.15) is 26.2 Å². The van der Waals surface area contributed by atoms with Crippen LogP contribution in [0.4, 0.5) is 0 Å². The van der Waals surface area contributed by atoms with E-state index in [0.29, 0.717) is 6.42 Å². The first-order valence-corrected chi connectivity index (χ1v) is 3.41. The number of hydroxylamine groups is 2. The molecule has 0 heterocycles. The number of unbranched alkanes of at least 4 members (excludes halogenated alkanes) is 2. The molecular formula is C5H12ClNO2. The van der Waals surface area contributed by atoms with E-state index in [0.717, 1.165) is 12.8 Å². The number of rotatable bonds is 4. The van der Waals surface area contributed by atoms with Crippen molar-refractivity contribution in [2.24, 2.45) is 0 Å². The van der Waals surface area contributed by atoms with E-state index in [1.165, 1.54) is 0 Å². The van der Waals surface area contributed by atoms with Crippen molar-refractivity contribution in [1.29, 1.82) is 0 Å². The molecule has 0 aromatic heterocycles. The summed E-state index contributed by atoms with van der Waals surface area (Å²) in [6.45, 7) is 2.10. The number of hydrogen-bond acceptors (Lipinski definition) is 2. The number of nitrogens with zero attached hydrogens (tertiary/aromatic N) is 1. The van der Waals surface area contributed by atoms with Crippen LogP contribution in [0.5, 0.6) is 0 Å². The lowest BCUT2D eigenvalue weighted by Gasteiger charge is -2.22. The maximum absolute atomic E-state index is 10.2. The highest BCUT2D eigenvalue weighted by Crippen LogP contribution is 2.06. The molecule has 0 aromatic carbocycles. The first kappa shape index (κ1) is 9.17. The predicted molar refractivity (Wildman–Crippen MR) is 35.7 cm³/mol. The Morgan fingerprint density at radius 2 is 2.11 bits per heavy atom. The van der Waals surface area contributed by atoms with Gasteiger partial charge in [-0.25, -0.2) is 0 Å². The van der Waals surface area contributed by atoms with Crippen LogP contribution in [0.3, 0.4) is 0 Å². The predicted octanol–water partition coefficient (Wildman–Crippen LogP) is 2.03. The molecule has 4 heteroatoms. The Morgan fingerprint density at radius 1 is 1.56 bits per heavy atom. The fourth-order valence-corrected chi connectivity index (χ4v) is 0.676. The third kappa shape index (κ3) is 8.17. The summed E-state index contributed by atoms with van der Waals surface area (Å²) in [6.07, 6.45) is 2.65. The van der Waals surface area contributed by atoms with Gasteiger partial charge in [0.2, 0.25) is 11.8 Å². The minimum absolute atomic E-state index is 0.0788. The molecular weight excluding hydrogens is 142 g/mol. The highest BCUT2D eigenvalue weighted by molar-refractivity contribution is 6.06. The maximum Gasteiger partial charge on any atom is 0.205 e. The Kier molecular flexibility index (Phi) is 4.14. The molecule has 0 aromatic rings. The van der Waals surface area contributed by atoms with Crippen LogP contribution in [0.25, 0.3) is 0 Å². The smallest absolute Gasteiger partial charge is 0.205 e. The number of hydrogen-bond donors (Lipinski definition) is 1. The maximum atomic E-state index is 10.2. The van der Waals surface area contributed by atoms with E-state index in [1.807, 2.05) is 6.92 Å². The summed E-state index contributed by atoms with van der Waals surface area (Å²) in [6, 6.07) is 0. The minimum Gasteiger partial charge on any atom is -0.580 e. The molecule has 0 aliphatic carbocycles. The lowest BCUT2D eigenvalue weighted by Crippen LogP contribution is -2.27. The van der Waals surface area contributed by atoms with E-state index in [4.69, 9.17) is 17.0 Å². The molecule has 0 aliphatic rings. The molecule has 0 spiro atoms. The second kappa shape index (κ2) is 4.06. The molecule has 0 fully saturated rings. The fraction of sp³-hybridized carbons (Fsp3) is 1.00. The molecule has 0 amide bonds. The molecule has 0 aliphatic heterocycles. The summed E-state index contributed by atoms with van der Waals surface area (Å²) < 4.78 is -1.67. The van der Waals surface area contributed by atoms with Crippen molar-refractivity contribution in [2.45, 2.75) is 26.2 Å². The molecule has 1 N–H and O–H groups in total. The van der Waals surface area contributed by atoms with Crippen LogP contribution in [0.15, 0.2) is 0 Å². The quantitative estimate of drug-likeness (QED) is 0.382. The van der Waals surface area contributed by atoms with Gasteiger partial charge in [0.15, 0.2) is 0 Å². The Bertz CT molecular complexity index is 71.8. The highest BCUT2D eigenvalue weighted by atomic mass is 35.5. The lowest BCUT2D eigenvalue weighted by molar-refractivity contribution is -0.968. The average Bonchev–Trinajstić information content (AvgIpc) is 1.63. The zero-order chi connectivity index (χ0) is 7.33. The molecule has 9 heavy (non-hydrogen) atoms. The van der Waals surface area contributed by atoms with Gasteiger partial charge in [-0.1, -0.05) is 13.3 Å². The molecule has 1 unspecified atom stereocenters. The molecule has 0 bridgehead atoms. The van der Waals surface area contributed by atoms with Gasteiger partial charge in [-0.3, -0.25) is 0 Å². The van der Waals surface area contributed by atoms with Crippen molar-refractivity contribution in [1.82, 2.24) is 0 Å². The molecule has 0 radical (unpaired) electrons. The number of quaternary nitrogens is 1. The van der Waals surface area contributed by atoms with E-state index < -0.39 is 4.33 Å². The van der Waals surface area contributed by atoms with Crippen LogP contribution in [0.2, 0.25) is 0 Å². The Labute approximate surface area is 60.1 Å². The SMILES string of the molecule is CCCCC[N+]([O-])(O)Cl. The van der Waals surface area contributed by atoms with Gasteiger partial charge in [0, 0.05) is 6.42 Å². The van der Waals surface area contributed by atoms with E-state index in [9.17, 15) is 5.21 Å². The van der Waals surface area contributed by atoms with Crippen molar-refractivity contribution in [2.75, 3.05) is 6.54 Å². The van der Waals surface area contributed by atoms with Crippen molar-refractivity contribution < 1.29 is 9.54 Å². The monoisotopic (exact) mass is 153 g/mol. The molecule has 3 nitrogen and oxygen atoms in total. The summed E-state index contributed by atoms with van der Waals surface area (Å²) in [5.74, 6) is 0. The van der Waals surface area contributed by atoms with Gasteiger partial charge in [-0.2, -0.15) is 5.21 Å². The van der Waals surface area contributed by atoms with Crippen molar-refractivity contribution in [3.8, 4) is 0 Å². The van der Waals surface area contributed by atoms with Gasteiger partial charge >= 0.3 is 0 Å². The Hall–Kier alpha value is 0.170. The van der Waals surface area contributed by atoms with Gasteiger partial charge in [-0.05, 0) is 6.42 Å². The van der Waals surface area contributed by atoms with Crippen LogP contribution in [-0.4, -0.2) is 16.1 Å². The third-order valence-corrected chi connectivity index (χ3v) is 1.21. The lowest BCUT2D eigenvalue weighted by atomic mass is 10.2. The summed E-state index contributed by atoms with van der Waals surface area (Å²) in [5.41, 5.74) is 0. The average molecular weight is 154 g/mol. The third-order valence-electron chi connectivity index (χ3n) is 1.04. The Morgan fingerprint density at radius 3 is 2.44 bits per heavy atom. The largest absolute Gasteiger partial charge is 0.580 e. The van der Waals surface area contributed by atoms with Crippen molar-refractivity contribution in [3.05, 3.63) is 5.21 Å². The van der Waals surface area contributed by atoms with Gasteiger partial charge in [0.25, 0.3) is 0 Å². The molecule has 0 rings (SSSR count). The molecule has 0 saturated heterocycles. The van der Waals surface area contributed by atoms with E-state index in [1.54, 1.807) is 0 Å². The van der Waals surface area contributed by atoms with E-state index in [-0.39, 0.29) is 6.54 Å². The zero-order valence-corrected chi connectivity index (χ0v) is 6.26. The van der Waals surface area contributed by atoms with Gasteiger partial charge in [0.05, 0.1) is 0 Å². The van der Waals surface area contributed by atoms with E-state index in [2.05, 4.69) is 0 Å². The summed E-state index contributed by atoms with van der Waals surface area (Å²) in [7, 11) is 0. The van der Waals surface area contributed by atoms with Crippen LogP contribution >= 0.6 is 11.8 Å². The highest BCUT2D eigenvalue weighted by Gasteiger charge is 2.07. The summed E-state index contributed by atoms with van der Waals surface area (Å²) in [5, 5.41) is 18.6. The minimum atomic E-state index is -1.67. The Balaban J connectivity index is 3.07.